The Bertz CT molecular complexity index is 392. The van der Waals surface area contributed by atoms with E-state index in [1.54, 1.807) is 11.3 Å². The number of nitrogens with two attached hydrogens (primary N) is 1. The van der Waals surface area contributed by atoms with Crippen molar-refractivity contribution >= 4 is 29.7 Å². The lowest BCUT2D eigenvalue weighted by Crippen LogP contribution is -2.40. The second kappa shape index (κ2) is 7.12. The van der Waals surface area contributed by atoms with E-state index in [4.69, 9.17) is 5.73 Å². The molecule has 1 aromatic heterocycles. The van der Waals surface area contributed by atoms with Crippen molar-refractivity contribution in [3.05, 3.63) is 21.9 Å². The highest BCUT2D eigenvalue weighted by Gasteiger charge is 2.24. The van der Waals surface area contributed by atoms with Crippen LogP contribution in [0.25, 0.3) is 0 Å². The summed E-state index contributed by atoms with van der Waals surface area (Å²) in [5.74, 6) is 0.795. The van der Waals surface area contributed by atoms with E-state index in [1.807, 2.05) is 24.0 Å². The molecule has 3 nitrogen and oxygen atoms in total. The Balaban J connectivity index is 0.00000162. The summed E-state index contributed by atoms with van der Waals surface area (Å²) < 4.78 is 0. The van der Waals surface area contributed by atoms with Gasteiger partial charge in [0.15, 0.2) is 0 Å². The van der Waals surface area contributed by atoms with Gasteiger partial charge in [-0.25, -0.2) is 0 Å². The number of piperidine rings is 1. The number of amides is 1. The molecular formula is C13H21ClN2OS. The quantitative estimate of drug-likeness (QED) is 0.929. The Morgan fingerprint density at radius 3 is 2.94 bits per heavy atom. The molecule has 0 aromatic carbocycles. The smallest absolute Gasteiger partial charge is 0.263 e. The second-order valence-corrected chi connectivity index (χ2v) is 6.03. The molecular weight excluding hydrogens is 268 g/mol. The van der Waals surface area contributed by atoms with E-state index in [0.29, 0.717) is 5.92 Å². The third-order valence-corrected chi connectivity index (χ3v) is 4.32. The molecule has 2 heterocycles. The van der Waals surface area contributed by atoms with Crippen LogP contribution in [0, 0.1) is 12.8 Å². The Morgan fingerprint density at radius 1 is 1.56 bits per heavy atom. The first kappa shape index (κ1) is 15.5. The van der Waals surface area contributed by atoms with Gasteiger partial charge in [0.2, 0.25) is 0 Å². The summed E-state index contributed by atoms with van der Waals surface area (Å²) in [6.07, 6.45) is 3.36. The topological polar surface area (TPSA) is 46.3 Å². The van der Waals surface area contributed by atoms with Gasteiger partial charge in [0, 0.05) is 18.0 Å². The van der Waals surface area contributed by atoms with E-state index in [0.717, 1.165) is 37.4 Å². The number of likely N-dealkylation sites (tertiary alicyclic amines) is 1. The molecule has 5 heteroatoms. The van der Waals surface area contributed by atoms with Crippen LogP contribution in [0.1, 0.15) is 33.8 Å². The Hall–Kier alpha value is -0.580. The van der Waals surface area contributed by atoms with E-state index < -0.39 is 0 Å². The molecule has 1 amide bonds. The summed E-state index contributed by atoms with van der Waals surface area (Å²) in [7, 11) is 0. The lowest BCUT2D eigenvalue weighted by molar-refractivity contribution is 0.0674. The van der Waals surface area contributed by atoms with Crippen molar-refractivity contribution in [2.24, 2.45) is 11.7 Å². The second-order valence-electron chi connectivity index (χ2n) is 4.75. The molecule has 102 valence electrons. The number of halogens is 1. The molecule has 1 unspecified atom stereocenters. The molecule has 0 bridgehead atoms. The largest absolute Gasteiger partial charge is 0.338 e. The van der Waals surface area contributed by atoms with E-state index in [9.17, 15) is 4.79 Å². The van der Waals surface area contributed by atoms with Gasteiger partial charge in [-0.05, 0) is 50.8 Å². The predicted molar refractivity (Wildman–Crippen MR) is 78.6 cm³/mol. The highest BCUT2D eigenvalue weighted by molar-refractivity contribution is 7.13. The van der Waals surface area contributed by atoms with Crippen LogP contribution in [-0.4, -0.2) is 30.4 Å². The molecule has 1 fully saturated rings. The fourth-order valence-corrected chi connectivity index (χ4v) is 3.26. The number of carbonyl (C=O) groups excluding carboxylic acids is 1. The van der Waals surface area contributed by atoms with Crippen LogP contribution in [0.2, 0.25) is 0 Å². The molecule has 0 aliphatic carbocycles. The van der Waals surface area contributed by atoms with Crippen molar-refractivity contribution < 1.29 is 4.79 Å². The molecule has 0 radical (unpaired) electrons. The lowest BCUT2D eigenvalue weighted by atomic mass is 9.95. The van der Waals surface area contributed by atoms with Crippen LogP contribution >= 0.6 is 23.7 Å². The first-order chi connectivity index (χ1) is 8.20. The zero-order chi connectivity index (χ0) is 12.3. The number of hydrogen-bond acceptors (Lipinski definition) is 3. The minimum absolute atomic E-state index is 0. The SMILES string of the molecule is Cc1ccc(C(=O)N2CCCC(CCN)C2)s1.Cl. The first-order valence-electron chi connectivity index (χ1n) is 6.26. The van der Waals surface area contributed by atoms with E-state index in [1.165, 1.54) is 11.3 Å². The minimum atomic E-state index is 0. The molecule has 1 aliphatic heterocycles. The zero-order valence-corrected chi connectivity index (χ0v) is 12.4. The summed E-state index contributed by atoms with van der Waals surface area (Å²) in [5.41, 5.74) is 5.59. The minimum Gasteiger partial charge on any atom is -0.338 e. The summed E-state index contributed by atoms with van der Waals surface area (Å²) in [6, 6.07) is 3.95. The maximum atomic E-state index is 12.3. The molecule has 0 saturated carbocycles. The van der Waals surface area contributed by atoms with Gasteiger partial charge in [0.1, 0.15) is 0 Å². The number of carbonyl (C=O) groups is 1. The number of aryl methyl sites for hydroxylation is 1. The van der Waals surface area contributed by atoms with Gasteiger partial charge in [0.05, 0.1) is 4.88 Å². The summed E-state index contributed by atoms with van der Waals surface area (Å²) >= 11 is 1.59. The Morgan fingerprint density at radius 2 is 2.33 bits per heavy atom. The summed E-state index contributed by atoms with van der Waals surface area (Å²) in [6.45, 7) is 4.55. The molecule has 2 rings (SSSR count). The maximum Gasteiger partial charge on any atom is 0.263 e. The highest BCUT2D eigenvalue weighted by Crippen LogP contribution is 2.23. The molecule has 0 spiro atoms. The number of thiophene rings is 1. The summed E-state index contributed by atoms with van der Waals surface area (Å²) in [4.78, 5) is 16.3. The van der Waals surface area contributed by atoms with Gasteiger partial charge >= 0.3 is 0 Å². The van der Waals surface area contributed by atoms with Crippen LogP contribution < -0.4 is 5.73 Å². The number of rotatable bonds is 3. The van der Waals surface area contributed by atoms with E-state index in [2.05, 4.69) is 0 Å². The van der Waals surface area contributed by atoms with Crippen LogP contribution in [0.4, 0.5) is 0 Å². The molecule has 1 aromatic rings. The van der Waals surface area contributed by atoms with Gasteiger partial charge < -0.3 is 10.6 Å². The monoisotopic (exact) mass is 288 g/mol. The first-order valence-corrected chi connectivity index (χ1v) is 7.08. The van der Waals surface area contributed by atoms with Crippen molar-refractivity contribution in [1.82, 2.24) is 4.90 Å². The molecule has 2 N–H and O–H groups in total. The summed E-state index contributed by atoms with van der Waals surface area (Å²) in [5, 5.41) is 0. The standard InChI is InChI=1S/C13H20N2OS.ClH/c1-10-4-5-12(17-10)13(16)15-8-2-3-11(9-15)6-7-14;/h4-5,11H,2-3,6-9,14H2,1H3;1H. The van der Waals surface area contributed by atoms with Gasteiger partial charge in [-0.15, -0.1) is 23.7 Å². The van der Waals surface area contributed by atoms with Crippen molar-refractivity contribution in [3.63, 3.8) is 0 Å². The van der Waals surface area contributed by atoms with Crippen molar-refractivity contribution in [2.45, 2.75) is 26.2 Å². The average Bonchev–Trinajstić information content (AvgIpc) is 2.76. The van der Waals surface area contributed by atoms with Gasteiger partial charge in [-0.1, -0.05) is 0 Å². The van der Waals surface area contributed by atoms with Crippen molar-refractivity contribution in [3.8, 4) is 0 Å². The van der Waals surface area contributed by atoms with Crippen molar-refractivity contribution in [1.29, 1.82) is 0 Å². The van der Waals surface area contributed by atoms with Gasteiger partial charge in [-0.2, -0.15) is 0 Å². The molecule has 18 heavy (non-hydrogen) atoms. The number of hydrogen-bond donors (Lipinski definition) is 1. The fourth-order valence-electron chi connectivity index (χ4n) is 2.43. The lowest BCUT2D eigenvalue weighted by Gasteiger charge is -2.32. The van der Waals surface area contributed by atoms with E-state index in [-0.39, 0.29) is 18.3 Å². The number of nitrogens with zero attached hydrogens (tertiary/aromatic N) is 1. The predicted octanol–water partition coefficient (Wildman–Crippen LogP) is 2.68. The normalized spacial score (nSPS) is 19.4. The zero-order valence-electron chi connectivity index (χ0n) is 10.7. The van der Waals surface area contributed by atoms with Crippen molar-refractivity contribution in [2.75, 3.05) is 19.6 Å². The van der Waals surface area contributed by atoms with Gasteiger partial charge in [-0.3, -0.25) is 4.79 Å². The Labute approximate surface area is 119 Å². The maximum absolute atomic E-state index is 12.3. The fraction of sp³-hybridized carbons (Fsp3) is 0.615. The van der Waals surface area contributed by atoms with Gasteiger partial charge in [0.25, 0.3) is 5.91 Å². The Kier molecular flexibility index (Phi) is 6.12. The molecule has 1 atom stereocenters. The van der Waals surface area contributed by atoms with Crippen LogP contribution in [0.3, 0.4) is 0 Å². The molecule has 1 aliphatic rings. The van der Waals surface area contributed by atoms with Crippen LogP contribution in [-0.2, 0) is 0 Å². The highest BCUT2D eigenvalue weighted by atomic mass is 35.5. The third kappa shape index (κ3) is 3.70. The molecule has 1 saturated heterocycles. The van der Waals surface area contributed by atoms with E-state index >= 15 is 0 Å². The van der Waals surface area contributed by atoms with Crippen LogP contribution in [0.15, 0.2) is 12.1 Å². The average molecular weight is 289 g/mol. The third-order valence-electron chi connectivity index (χ3n) is 3.33. The van der Waals surface area contributed by atoms with Crippen LogP contribution in [0.5, 0.6) is 0 Å².